The minimum atomic E-state index is -0.203. The third kappa shape index (κ3) is 3.05. The van der Waals surface area contributed by atoms with Crippen molar-refractivity contribution in [3.05, 3.63) is 58.4 Å². The lowest BCUT2D eigenvalue weighted by molar-refractivity contribution is 0.0938. The van der Waals surface area contributed by atoms with Crippen molar-refractivity contribution in [3.63, 3.8) is 0 Å². The number of hydrogen-bond acceptors (Lipinski definition) is 3. The number of hydrogen-bond donors (Lipinski definition) is 2. The summed E-state index contributed by atoms with van der Waals surface area (Å²) in [6, 6.07) is 10.9. The molecule has 0 spiro atoms. The molecule has 2 aromatic rings. The smallest absolute Gasteiger partial charge is 0.254 e. The van der Waals surface area contributed by atoms with E-state index in [2.05, 4.69) is 10.3 Å². The third-order valence-corrected chi connectivity index (χ3v) is 3.35. The fourth-order valence-corrected chi connectivity index (χ4v) is 2.21. The van der Waals surface area contributed by atoms with Crippen LogP contribution in [-0.2, 0) is 0 Å². The van der Waals surface area contributed by atoms with Crippen LogP contribution in [0.15, 0.2) is 42.6 Å². The van der Waals surface area contributed by atoms with Gasteiger partial charge in [0.25, 0.3) is 5.91 Å². The first-order chi connectivity index (χ1) is 9.63. The van der Waals surface area contributed by atoms with Gasteiger partial charge in [-0.2, -0.15) is 0 Å². The summed E-state index contributed by atoms with van der Waals surface area (Å²) in [5.41, 5.74) is 1.39. The van der Waals surface area contributed by atoms with Gasteiger partial charge in [-0.25, -0.2) is 0 Å². The highest BCUT2D eigenvalue weighted by molar-refractivity contribution is 7.71. The van der Waals surface area contributed by atoms with Crippen molar-refractivity contribution in [2.24, 2.45) is 0 Å². The Balaban J connectivity index is 2.20. The lowest BCUT2D eigenvalue weighted by Crippen LogP contribution is -2.27. The SMILES string of the molecule is COc1ccccc1[C@@H](C)NC(=O)c1ccc[nH]c1=S. The minimum Gasteiger partial charge on any atom is -0.496 e. The van der Waals surface area contributed by atoms with Crippen LogP contribution >= 0.6 is 12.2 Å². The second-order valence-corrected chi connectivity index (χ2v) is 4.76. The van der Waals surface area contributed by atoms with Gasteiger partial charge in [0.2, 0.25) is 0 Å². The molecule has 0 saturated heterocycles. The molecule has 0 bridgehead atoms. The average Bonchev–Trinajstić information content (AvgIpc) is 2.47. The minimum absolute atomic E-state index is 0.173. The number of amides is 1. The second kappa shape index (κ2) is 6.34. The Labute approximate surface area is 122 Å². The van der Waals surface area contributed by atoms with Crippen LogP contribution < -0.4 is 10.1 Å². The number of methoxy groups -OCH3 is 1. The summed E-state index contributed by atoms with van der Waals surface area (Å²) in [5, 5.41) is 2.92. The van der Waals surface area contributed by atoms with Crippen LogP contribution in [0.3, 0.4) is 0 Å². The number of para-hydroxylation sites is 1. The van der Waals surface area contributed by atoms with Gasteiger partial charge in [-0.05, 0) is 25.1 Å². The summed E-state index contributed by atoms with van der Waals surface area (Å²) in [5.74, 6) is 0.545. The van der Waals surface area contributed by atoms with Gasteiger partial charge in [0.05, 0.1) is 18.7 Å². The molecule has 20 heavy (non-hydrogen) atoms. The van der Waals surface area contributed by atoms with Crippen molar-refractivity contribution in [1.82, 2.24) is 10.3 Å². The van der Waals surface area contributed by atoms with Crippen LogP contribution in [-0.4, -0.2) is 18.0 Å². The summed E-state index contributed by atoms with van der Waals surface area (Å²) in [6.07, 6.45) is 1.70. The average molecular weight is 288 g/mol. The highest BCUT2D eigenvalue weighted by atomic mass is 32.1. The van der Waals surface area contributed by atoms with Gasteiger partial charge in [-0.3, -0.25) is 4.79 Å². The summed E-state index contributed by atoms with van der Waals surface area (Å²) in [4.78, 5) is 15.1. The maximum atomic E-state index is 12.2. The van der Waals surface area contributed by atoms with E-state index < -0.39 is 0 Å². The van der Waals surface area contributed by atoms with E-state index in [9.17, 15) is 4.79 Å². The number of benzene rings is 1. The quantitative estimate of drug-likeness (QED) is 0.849. The van der Waals surface area contributed by atoms with Gasteiger partial charge in [0, 0.05) is 11.8 Å². The molecule has 2 N–H and O–H groups in total. The molecule has 0 aliphatic rings. The zero-order valence-corrected chi connectivity index (χ0v) is 12.2. The number of H-pyrrole nitrogens is 1. The van der Waals surface area contributed by atoms with Gasteiger partial charge in [-0.1, -0.05) is 30.4 Å². The first-order valence-corrected chi connectivity index (χ1v) is 6.65. The lowest BCUT2D eigenvalue weighted by atomic mass is 10.1. The highest BCUT2D eigenvalue weighted by Crippen LogP contribution is 2.24. The van der Waals surface area contributed by atoms with Crippen LogP contribution in [0.25, 0.3) is 0 Å². The van der Waals surface area contributed by atoms with Crippen molar-refractivity contribution < 1.29 is 9.53 Å². The Hall–Kier alpha value is -2.14. The van der Waals surface area contributed by atoms with E-state index in [1.165, 1.54) is 0 Å². The Morgan fingerprint density at radius 2 is 2.05 bits per heavy atom. The van der Waals surface area contributed by atoms with E-state index in [1.807, 2.05) is 31.2 Å². The number of carbonyl (C=O) groups is 1. The Morgan fingerprint density at radius 3 is 2.75 bits per heavy atom. The zero-order chi connectivity index (χ0) is 14.5. The number of nitrogens with one attached hydrogen (secondary N) is 2. The van der Waals surface area contributed by atoms with E-state index >= 15 is 0 Å². The Kier molecular flexibility index (Phi) is 4.53. The van der Waals surface area contributed by atoms with Gasteiger partial charge >= 0.3 is 0 Å². The lowest BCUT2D eigenvalue weighted by Gasteiger charge is -2.17. The molecular weight excluding hydrogens is 272 g/mol. The van der Waals surface area contributed by atoms with Crippen molar-refractivity contribution in [2.45, 2.75) is 13.0 Å². The van der Waals surface area contributed by atoms with Crippen molar-refractivity contribution >= 4 is 18.1 Å². The van der Waals surface area contributed by atoms with Crippen LogP contribution in [0.4, 0.5) is 0 Å². The van der Waals surface area contributed by atoms with Gasteiger partial charge in [0.15, 0.2) is 0 Å². The van der Waals surface area contributed by atoms with Crippen LogP contribution in [0.2, 0.25) is 0 Å². The van der Waals surface area contributed by atoms with Gasteiger partial charge in [-0.15, -0.1) is 0 Å². The topological polar surface area (TPSA) is 54.1 Å². The summed E-state index contributed by atoms with van der Waals surface area (Å²) >= 11 is 5.11. The maximum Gasteiger partial charge on any atom is 0.254 e. The van der Waals surface area contributed by atoms with E-state index in [1.54, 1.807) is 25.4 Å². The summed E-state index contributed by atoms with van der Waals surface area (Å²) in [7, 11) is 1.61. The van der Waals surface area contributed by atoms with Crippen LogP contribution in [0.5, 0.6) is 5.75 Å². The molecule has 1 heterocycles. The normalized spacial score (nSPS) is 11.7. The Morgan fingerprint density at radius 1 is 1.30 bits per heavy atom. The summed E-state index contributed by atoms with van der Waals surface area (Å²) in [6.45, 7) is 1.91. The highest BCUT2D eigenvalue weighted by Gasteiger charge is 2.15. The number of rotatable bonds is 4. The molecule has 0 unspecified atom stereocenters. The molecule has 4 nitrogen and oxygen atoms in total. The predicted octanol–water partition coefficient (Wildman–Crippen LogP) is 3.24. The molecule has 1 atom stereocenters. The third-order valence-electron chi connectivity index (χ3n) is 3.02. The number of aromatic nitrogens is 1. The van der Waals surface area contributed by atoms with E-state index in [0.717, 1.165) is 11.3 Å². The second-order valence-electron chi connectivity index (χ2n) is 4.35. The van der Waals surface area contributed by atoms with E-state index in [-0.39, 0.29) is 11.9 Å². The molecule has 5 heteroatoms. The number of pyridine rings is 1. The standard InChI is InChI=1S/C15H16N2O2S/c1-10(11-6-3-4-8-13(11)19-2)17-14(18)12-7-5-9-16-15(12)20/h3-10H,1-2H3,(H,16,20)(H,17,18)/t10-/m1/s1. The molecule has 104 valence electrons. The van der Waals surface area contributed by atoms with Crippen LogP contribution in [0, 0.1) is 4.64 Å². The predicted molar refractivity (Wildman–Crippen MR) is 80.5 cm³/mol. The molecule has 0 saturated carbocycles. The van der Waals surface area contributed by atoms with Gasteiger partial charge in [0.1, 0.15) is 10.4 Å². The van der Waals surface area contributed by atoms with E-state index in [0.29, 0.717) is 10.2 Å². The Bertz CT molecular complexity index is 667. The zero-order valence-electron chi connectivity index (χ0n) is 11.3. The summed E-state index contributed by atoms with van der Waals surface area (Å²) < 4.78 is 5.73. The number of carbonyl (C=O) groups excluding carboxylic acids is 1. The molecule has 0 fully saturated rings. The number of aromatic amines is 1. The molecule has 1 aromatic carbocycles. The molecular formula is C15H16N2O2S. The fourth-order valence-electron chi connectivity index (χ4n) is 1.98. The first kappa shape index (κ1) is 14.3. The monoisotopic (exact) mass is 288 g/mol. The molecule has 0 aliphatic heterocycles. The number of ether oxygens (including phenoxy) is 1. The molecule has 2 rings (SSSR count). The fraction of sp³-hybridized carbons (Fsp3) is 0.200. The molecule has 0 aliphatic carbocycles. The molecule has 1 amide bonds. The van der Waals surface area contributed by atoms with Crippen LogP contribution in [0.1, 0.15) is 28.9 Å². The maximum absolute atomic E-state index is 12.2. The first-order valence-electron chi connectivity index (χ1n) is 6.25. The van der Waals surface area contributed by atoms with Crippen molar-refractivity contribution in [3.8, 4) is 5.75 Å². The largest absolute Gasteiger partial charge is 0.496 e. The molecule has 1 aromatic heterocycles. The van der Waals surface area contributed by atoms with E-state index in [4.69, 9.17) is 17.0 Å². The van der Waals surface area contributed by atoms with Crippen molar-refractivity contribution in [1.29, 1.82) is 0 Å². The van der Waals surface area contributed by atoms with Gasteiger partial charge < -0.3 is 15.0 Å². The molecule has 0 radical (unpaired) electrons. The van der Waals surface area contributed by atoms with Crippen molar-refractivity contribution in [2.75, 3.05) is 7.11 Å².